The zero-order valence-corrected chi connectivity index (χ0v) is 11.7. The molecule has 0 aliphatic carbocycles. The molecule has 21 heavy (non-hydrogen) atoms. The van der Waals surface area contributed by atoms with Crippen LogP contribution in [0.1, 0.15) is 15.9 Å². The largest absolute Gasteiger partial charge is 0.294 e. The third-order valence-electron chi connectivity index (χ3n) is 3.50. The molecule has 0 fully saturated rings. The van der Waals surface area contributed by atoms with E-state index in [1.165, 1.54) is 0 Å². The minimum atomic E-state index is 0.152. The summed E-state index contributed by atoms with van der Waals surface area (Å²) in [6.45, 7) is 0. The molecule has 3 rings (SSSR count). The van der Waals surface area contributed by atoms with Crippen LogP contribution in [0.25, 0.3) is 11.1 Å². The number of rotatable bonds is 4. The molecular weight excluding hydrogens is 256 g/mol. The number of hydrogen-bond donors (Lipinski definition) is 0. The minimum absolute atomic E-state index is 0.152. The fourth-order valence-corrected chi connectivity index (χ4v) is 2.39. The number of benzene rings is 3. The molecule has 1 heteroatoms. The zero-order chi connectivity index (χ0) is 14.5. The molecule has 0 amide bonds. The van der Waals surface area contributed by atoms with Crippen molar-refractivity contribution in [3.8, 4) is 11.1 Å². The van der Waals surface area contributed by atoms with Gasteiger partial charge in [-0.05, 0) is 22.8 Å². The lowest BCUT2D eigenvalue weighted by Gasteiger charge is -2.05. The molecule has 0 aliphatic heterocycles. The Labute approximate surface area is 124 Å². The summed E-state index contributed by atoms with van der Waals surface area (Å²) in [5.41, 5.74) is 4.02. The number of carbonyl (C=O) groups excluding carboxylic acids is 1. The van der Waals surface area contributed by atoms with Crippen molar-refractivity contribution in [1.82, 2.24) is 0 Å². The van der Waals surface area contributed by atoms with Gasteiger partial charge in [0.2, 0.25) is 0 Å². The van der Waals surface area contributed by atoms with E-state index in [2.05, 4.69) is 12.1 Å². The summed E-state index contributed by atoms with van der Waals surface area (Å²) < 4.78 is 0. The number of ketones is 1. The molecule has 3 aromatic carbocycles. The van der Waals surface area contributed by atoms with Gasteiger partial charge in [-0.2, -0.15) is 0 Å². The summed E-state index contributed by atoms with van der Waals surface area (Å²) in [6.07, 6.45) is 0.444. The number of hydrogen-bond acceptors (Lipinski definition) is 1. The maximum atomic E-state index is 12.4. The Morgan fingerprint density at radius 3 is 2.00 bits per heavy atom. The van der Waals surface area contributed by atoms with E-state index in [9.17, 15) is 4.79 Å². The standard InChI is InChI=1S/C20H16O/c21-20(14-16-8-3-1-4-9-16)19-13-7-12-18(15-19)17-10-5-2-6-11-17/h1-13,15H,14H2. The molecular formula is C20H16O. The van der Waals surface area contributed by atoms with Crippen LogP contribution in [-0.2, 0) is 6.42 Å². The van der Waals surface area contributed by atoms with E-state index >= 15 is 0 Å². The highest BCUT2D eigenvalue weighted by atomic mass is 16.1. The fourth-order valence-electron chi connectivity index (χ4n) is 2.39. The van der Waals surface area contributed by atoms with Gasteiger partial charge in [-0.1, -0.05) is 78.9 Å². The Hall–Kier alpha value is -2.67. The summed E-state index contributed by atoms with van der Waals surface area (Å²) in [5, 5.41) is 0. The van der Waals surface area contributed by atoms with Crippen molar-refractivity contribution in [2.75, 3.05) is 0 Å². The lowest BCUT2D eigenvalue weighted by molar-refractivity contribution is 0.0993. The molecule has 0 unspecified atom stereocenters. The second kappa shape index (κ2) is 6.19. The summed E-state index contributed by atoms with van der Waals surface area (Å²) in [6, 6.07) is 27.8. The highest BCUT2D eigenvalue weighted by Crippen LogP contribution is 2.20. The van der Waals surface area contributed by atoms with Crippen LogP contribution in [0.3, 0.4) is 0 Å². The predicted molar refractivity (Wildman–Crippen MR) is 86.4 cm³/mol. The number of carbonyl (C=O) groups is 1. The van der Waals surface area contributed by atoms with Gasteiger partial charge in [0.05, 0.1) is 0 Å². The van der Waals surface area contributed by atoms with Crippen molar-refractivity contribution >= 4 is 5.78 Å². The average Bonchev–Trinajstić information content (AvgIpc) is 2.57. The molecule has 0 atom stereocenters. The van der Waals surface area contributed by atoms with Crippen molar-refractivity contribution in [3.05, 3.63) is 96.1 Å². The van der Waals surface area contributed by atoms with E-state index in [0.717, 1.165) is 22.3 Å². The van der Waals surface area contributed by atoms with E-state index in [1.54, 1.807) is 0 Å². The third-order valence-corrected chi connectivity index (χ3v) is 3.50. The number of Topliss-reactive ketones (excluding diaryl/α,β-unsaturated/α-hetero) is 1. The third kappa shape index (κ3) is 3.26. The molecule has 0 spiro atoms. The lowest BCUT2D eigenvalue weighted by atomic mass is 9.98. The summed E-state index contributed by atoms with van der Waals surface area (Å²) in [7, 11) is 0. The molecule has 0 radical (unpaired) electrons. The maximum absolute atomic E-state index is 12.4. The highest BCUT2D eigenvalue weighted by molar-refractivity contribution is 5.98. The van der Waals surface area contributed by atoms with Gasteiger partial charge in [0.25, 0.3) is 0 Å². The van der Waals surface area contributed by atoms with E-state index in [1.807, 2.05) is 72.8 Å². The molecule has 0 saturated heterocycles. The smallest absolute Gasteiger partial charge is 0.167 e. The average molecular weight is 272 g/mol. The van der Waals surface area contributed by atoms with Crippen LogP contribution in [0.5, 0.6) is 0 Å². The first-order valence-electron chi connectivity index (χ1n) is 7.05. The second-order valence-electron chi connectivity index (χ2n) is 5.03. The van der Waals surface area contributed by atoms with Gasteiger partial charge < -0.3 is 0 Å². The van der Waals surface area contributed by atoms with Crippen molar-refractivity contribution in [3.63, 3.8) is 0 Å². The van der Waals surface area contributed by atoms with Gasteiger partial charge in [0, 0.05) is 12.0 Å². The lowest BCUT2D eigenvalue weighted by Crippen LogP contribution is -2.03. The minimum Gasteiger partial charge on any atom is -0.294 e. The fraction of sp³-hybridized carbons (Fsp3) is 0.0500. The van der Waals surface area contributed by atoms with Crippen molar-refractivity contribution < 1.29 is 4.79 Å². The first-order valence-corrected chi connectivity index (χ1v) is 7.05. The molecule has 0 heterocycles. The molecule has 3 aromatic rings. The highest BCUT2D eigenvalue weighted by Gasteiger charge is 2.08. The first-order chi connectivity index (χ1) is 10.3. The van der Waals surface area contributed by atoms with Crippen LogP contribution in [0.2, 0.25) is 0 Å². The molecule has 0 aliphatic rings. The van der Waals surface area contributed by atoms with E-state index in [4.69, 9.17) is 0 Å². The van der Waals surface area contributed by atoms with Crippen LogP contribution in [0.4, 0.5) is 0 Å². The van der Waals surface area contributed by atoms with E-state index in [-0.39, 0.29) is 5.78 Å². The Morgan fingerprint density at radius 1 is 0.667 bits per heavy atom. The molecule has 0 bridgehead atoms. The Kier molecular flexibility index (Phi) is 3.92. The molecule has 0 aromatic heterocycles. The second-order valence-corrected chi connectivity index (χ2v) is 5.03. The van der Waals surface area contributed by atoms with E-state index in [0.29, 0.717) is 6.42 Å². The zero-order valence-electron chi connectivity index (χ0n) is 11.7. The van der Waals surface area contributed by atoms with Gasteiger partial charge in [-0.25, -0.2) is 0 Å². The van der Waals surface area contributed by atoms with Crippen molar-refractivity contribution in [1.29, 1.82) is 0 Å². The van der Waals surface area contributed by atoms with Crippen molar-refractivity contribution in [2.45, 2.75) is 6.42 Å². The van der Waals surface area contributed by atoms with Crippen LogP contribution in [0, 0.1) is 0 Å². The van der Waals surface area contributed by atoms with Gasteiger partial charge in [0.15, 0.2) is 5.78 Å². The first kappa shape index (κ1) is 13.3. The maximum Gasteiger partial charge on any atom is 0.167 e. The Balaban J connectivity index is 1.85. The molecule has 102 valence electrons. The topological polar surface area (TPSA) is 17.1 Å². The Bertz CT molecular complexity index is 730. The molecule has 0 N–H and O–H groups in total. The monoisotopic (exact) mass is 272 g/mol. The van der Waals surface area contributed by atoms with Crippen molar-refractivity contribution in [2.24, 2.45) is 0 Å². The quantitative estimate of drug-likeness (QED) is 0.625. The van der Waals surface area contributed by atoms with Crippen LogP contribution in [-0.4, -0.2) is 5.78 Å². The summed E-state index contributed by atoms with van der Waals surface area (Å²) in [4.78, 5) is 12.4. The molecule has 1 nitrogen and oxygen atoms in total. The Morgan fingerprint density at radius 2 is 1.29 bits per heavy atom. The van der Waals surface area contributed by atoms with Gasteiger partial charge in [-0.3, -0.25) is 4.79 Å². The summed E-state index contributed by atoms with van der Waals surface area (Å²) >= 11 is 0. The summed E-state index contributed by atoms with van der Waals surface area (Å²) in [5.74, 6) is 0.152. The normalized spacial score (nSPS) is 10.3. The van der Waals surface area contributed by atoms with Crippen LogP contribution in [0.15, 0.2) is 84.9 Å². The van der Waals surface area contributed by atoms with Gasteiger partial charge in [-0.15, -0.1) is 0 Å². The molecule has 0 saturated carbocycles. The van der Waals surface area contributed by atoms with Gasteiger partial charge in [0.1, 0.15) is 0 Å². The van der Waals surface area contributed by atoms with Gasteiger partial charge >= 0.3 is 0 Å². The SMILES string of the molecule is O=C(Cc1ccccc1)c1cccc(-c2ccccc2)c1. The predicted octanol–water partition coefficient (Wildman–Crippen LogP) is 4.78. The van der Waals surface area contributed by atoms with E-state index < -0.39 is 0 Å². The van der Waals surface area contributed by atoms with Crippen LogP contribution >= 0.6 is 0 Å². The van der Waals surface area contributed by atoms with Crippen LogP contribution < -0.4 is 0 Å².